The van der Waals surface area contributed by atoms with Crippen LogP contribution in [0.25, 0.3) is 0 Å². The van der Waals surface area contributed by atoms with E-state index in [0.29, 0.717) is 6.61 Å². The minimum Gasteiger partial charge on any atom is -0.500 e. The van der Waals surface area contributed by atoms with E-state index in [4.69, 9.17) is 4.74 Å². The fourth-order valence-electron chi connectivity index (χ4n) is 0.618. The van der Waals surface area contributed by atoms with Gasteiger partial charge in [-0.1, -0.05) is 0 Å². The molecule has 0 saturated carbocycles. The van der Waals surface area contributed by atoms with Crippen LogP contribution in [0.2, 0.25) is 0 Å². The summed E-state index contributed by atoms with van der Waals surface area (Å²) in [6.07, 6.45) is 3.36. The summed E-state index contributed by atoms with van der Waals surface area (Å²) in [7, 11) is 0. The Morgan fingerprint density at radius 3 is 2.88 bits per heavy atom. The molecule has 0 spiro atoms. The van der Waals surface area contributed by atoms with Gasteiger partial charge in [0.2, 0.25) is 0 Å². The average Bonchev–Trinajstić information content (AvgIpc) is 2.12. The first-order chi connectivity index (χ1) is 3.80. The lowest BCUT2D eigenvalue weighted by molar-refractivity contribution is -0.119. The summed E-state index contributed by atoms with van der Waals surface area (Å²) in [5.41, 5.74) is 0. The van der Waals surface area contributed by atoms with Gasteiger partial charge in [-0.15, -0.1) is 0 Å². The van der Waals surface area contributed by atoms with Crippen molar-refractivity contribution in [2.45, 2.75) is 6.92 Å². The highest BCUT2D eigenvalue weighted by Gasteiger charge is 2.13. The molecular weight excluding hydrogens is 104 g/mol. The lowest BCUT2D eigenvalue weighted by Gasteiger charge is -1.96. The third-order valence-corrected chi connectivity index (χ3v) is 1.21. The van der Waals surface area contributed by atoms with Crippen LogP contribution in [0, 0.1) is 5.92 Å². The maximum atomic E-state index is 10.5. The standard InChI is InChI=1S/C6H8O2/c1-5(7)6-2-3-8-4-6/h2-3,6H,4H2,1H3/t6-/m1/s1. The Bertz CT molecular complexity index is 126. The number of carbonyl (C=O) groups is 1. The Balaban J connectivity index is 2.48. The van der Waals surface area contributed by atoms with Gasteiger partial charge in [0.05, 0.1) is 12.2 Å². The molecule has 0 N–H and O–H groups in total. The van der Waals surface area contributed by atoms with E-state index < -0.39 is 0 Å². The van der Waals surface area contributed by atoms with Crippen LogP contribution >= 0.6 is 0 Å². The molecule has 2 nitrogen and oxygen atoms in total. The highest BCUT2D eigenvalue weighted by Crippen LogP contribution is 2.07. The molecular formula is C6H8O2. The summed E-state index contributed by atoms with van der Waals surface area (Å²) in [6, 6.07) is 0. The van der Waals surface area contributed by atoms with E-state index in [2.05, 4.69) is 0 Å². The lowest BCUT2D eigenvalue weighted by Crippen LogP contribution is -2.08. The molecule has 0 bridgehead atoms. The van der Waals surface area contributed by atoms with E-state index in [0.717, 1.165) is 0 Å². The summed E-state index contributed by atoms with van der Waals surface area (Å²) >= 11 is 0. The third-order valence-electron chi connectivity index (χ3n) is 1.21. The van der Waals surface area contributed by atoms with Crippen molar-refractivity contribution in [2.24, 2.45) is 5.92 Å². The fraction of sp³-hybridized carbons (Fsp3) is 0.500. The zero-order valence-corrected chi connectivity index (χ0v) is 4.76. The summed E-state index contributed by atoms with van der Waals surface area (Å²) < 4.78 is 4.82. The van der Waals surface area contributed by atoms with E-state index in [1.54, 1.807) is 19.3 Å². The zero-order chi connectivity index (χ0) is 5.98. The molecule has 0 fully saturated rings. The Morgan fingerprint density at radius 1 is 1.88 bits per heavy atom. The molecule has 1 aliphatic rings. The Labute approximate surface area is 48.1 Å². The van der Waals surface area contributed by atoms with E-state index in [1.165, 1.54) is 0 Å². The van der Waals surface area contributed by atoms with Crippen LogP contribution in [-0.2, 0) is 9.53 Å². The highest BCUT2D eigenvalue weighted by molar-refractivity contribution is 5.80. The predicted octanol–water partition coefficient (Wildman–Crippen LogP) is 0.736. The number of carbonyl (C=O) groups excluding carboxylic acids is 1. The first-order valence-electron chi connectivity index (χ1n) is 2.59. The second kappa shape index (κ2) is 1.99. The molecule has 44 valence electrons. The number of Topliss-reactive ketones (excluding diaryl/α,β-unsaturated/α-hetero) is 1. The maximum Gasteiger partial charge on any atom is 0.140 e. The molecule has 0 aromatic heterocycles. The van der Waals surface area contributed by atoms with Gasteiger partial charge in [-0.3, -0.25) is 4.79 Å². The molecule has 0 radical (unpaired) electrons. The smallest absolute Gasteiger partial charge is 0.140 e. The highest BCUT2D eigenvalue weighted by atomic mass is 16.5. The normalized spacial score (nSPS) is 25.4. The molecule has 0 saturated heterocycles. The van der Waals surface area contributed by atoms with Gasteiger partial charge in [0, 0.05) is 0 Å². The molecule has 0 amide bonds. The molecule has 0 unspecified atom stereocenters. The molecule has 2 heteroatoms. The van der Waals surface area contributed by atoms with Gasteiger partial charge >= 0.3 is 0 Å². The number of ketones is 1. The van der Waals surface area contributed by atoms with Gasteiger partial charge in [0.1, 0.15) is 12.4 Å². The monoisotopic (exact) mass is 112 g/mol. The van der Waals surface area contributed by atoms with E-state index >= 15 is 0 Å². The van der Waals surface area contributed by atoms with Gasteiger partial charge in [-0.2, -0.15) is 0 Å². The van der Waals surface area contributed by atoms with Crippen LogP contribution in [0.3, 0.4) is 0 Å². The van der Waals surface area contributed by atoms with Crippen LogP contribution in [-0.4, -0.2) is 12.4 Å². The first kappa shape index (κ1) is 5.35. The quantitative estimate of drug-likeness (QED) is 0.500. The number of hydrogen-bond donors (Lipinski definition) is 0. The second-order valence-corrected chi connectivity index (χ2v) is 1.88. The Hall–Kier alpha value is -0.790. The van der Waals surface area contributed by atoms with Crippen molar-refractivity contribution in [1.82, 2.24) is 0 Å². The van der Waals surface area contributed by atoms with Crippen LogP contribution in [0.5, 0.6) is 0 Å². The van der Waals surface area contributed by atoms with Crippen LogP contribution in [0.4, 0.5) is 0 Å². The van der Waals surface area contributed by atoms with Crippen LogP contribution < -0.4 is 0 Å². The van der Waals surface area contributed by atoms with Crippen molar-refractivity contribution in [3.05, 3.63) is 12.3 Å². The summed E-state index contributed by atoms with van der Waals surface area (Å²) in [4.78, 5) is 10.5. The Morgan fingerprint density at radius 2 is 2.62 bits per heavy atom. The average molecular weight is 112 g/mol. The summed E-state index contributed by atoms with van der Waals surface area (Å²) in [5.74, 6) is 0.203. The molecule has 1 aliphatic heterocycles. The second-order valence-electron chi connectivity index (χ2n) is 1.88. The molecule has 1 atom stereocenters. The van der Waals surface area contributed by atoms with E-state index in [1.807, 2.05) is 0 Å². The van der Waals surface area contributed by atoms with Crippen molar-refractivity contribution < 1.29 is 9.53 Å². The van der Waals surface area contributed by atoms with Gasteiger partial charge in [0.25, 0.3) is 0 Å². The van der Waals surface area contributed by atoms with Gasteiger partial charge in [-0.05, 0) is 13.0 Å². The zero-order valence-electron chi connectivity index (χ0n) is 4.76. The van der Waals surface area contributed by atoms with Gasteiger partial charge < -0.3 is 4.74 Å². The number of hydrogen-bond acceptors (Lipinski definition) is 2. The molecule has 0 aliphatic carbocycles. The van der Waals surface area contributed by atoms with E-state index in [9.17, 15) is 4.79 Å². The topological polar surface area (TPSA) is 26.3 Å². The first-order valence-corrected chi connectivity index (χ1v) is 2.59. The molecule has 1 heterocycles. The largest absolute Gasteiger partial charge is 0.500 e. The maximum absolute atomic E-state index is 10.5. The van der Waals surface area contributed by atoms with Crippen molar-refractivity contribution in [3.63, 3.8) is 0 Å². The lowest BCUT2D eigenvalue weighted by atomic mass is 10.1. The fourth-order valence-corrected chi connectivity index (χ4v) is 0.618. The number of ether oxygens (including phenoxy) is 1. The van der Waals surface area contributed by atoms with Crippen molar-refractivity contribution in [1.29, 1.82) is 0 Å². The number of rotatable bonds is 1. The summed E-state index contributed by atoms with van der Waals surface area (Å²) in [5, 5.41) is 0. The van der Waals surface area contributed by atoms with Gasteiger partial charge in [-0.25, -0.2) is 0 Å². The summed E-state index contributed by atoms with van der Waals surface area (Å²) in [6.45, 7) is 2.11. The molecule has 8 heavy (non-hydrogen) atoms. The van der Waals surface area contributed by atoms with Crippen LogP contribution in [0.15, 0.2) is 12.3 Å². The van der Waals surface area contributed by atoms with Crippen molar-refractivity contribution in [3.8, 4) is 0 Å². The van der Waals surface area contributed by atoms with Crippen LogP contribution in [0.1, 0.15) is 6.92 Å². The minimum atomic E-state index is 0.0231. The van der Waals surface area contributed by atoms with Crippen molar-refractivity contribution in [2.75, 3.05) is 6.61 Å². The van der Waals surface area contributed by atoms with E-state index in [-0.39, 0.29) is 11.7 Å². The molecule has 1 rings (SSSR count). The van der Waals surface area contributed by atoms with Gasteiger partial charge in [0.15, 0.2) is 0 Å². The molecule has 0 aromatic carbocycles. The SMILES string of the molecule is CC(=O)[C@@H]1C=COC1. The Kier molecular flexibility index (Phi) is 1.33. The molecule has 0 aromatic rings. The third kappa shape index (κ3) is 0.886. The minimum absolute atomic E-state index is 0.0231. The van der Waals surface area contributed by atoms with Crippen molar-refractivity contribution >= 4 is 5.78 Å². The predicted molar refractivity (Wildman–Crippen MR) is 29.3 cm³/mol.